The fourth-order valence-electron chi connectivity index (χ4n) is 2.14. The predicted molar refractivity (Wildman–Crippen MR) is 94.7 cm³/mol. The Labute approximate surface area is 162 Å². The Bertz CT molecular complexity index is 635. The summed E-state index contributed by atoms with van der Waals surface area (Å²) in [6.07, 6.45) is 1.00. The molecule has 0 saturated carbocycles. The standard InChI is InChI=1S/2C9H7.C3H7.Lu/c2*1-2-5-9-7-3-6-8(9)4-1;1-3-2;/h2*1-7H;1,3H2,2H3;/q3*-1;+3. The second kappa shape index (κ2) is 10.6. The van der Waals surface area contributed by atoms with Crippen molar-refractivity contribution in [2.75, 3.05) is 0 Å². The van der Waals surface area contributed by atoms with Gasteiger partial charge < -0.3 is 6.92 Å². The zero-order chi connectivity index (χ0) is 14.9. The molecule has 0 aliphatic rings. The molecule has 0 amide bonds. The summed E-state index contributed by atoms with van der Waals surface area (Å²) in [7, 11) is 0. The molecule has 0 aromatic heterocycles. The van der Waals surface area contributed by atoms with Gasteiger partial charge in [0.2, 0.25) is 0 Å². The average Bonchev–Trinajstić information content (AvgIpc) is 3.17. The monoisotopic (exact) mass is 448 g/mol. The van der Waals surface area contributed by atoms with Crippen LogP contribution in [0.4, 0.5) is 0 Å². The molecule has 120 valence electrons. The van der Waals surface area contributed by atoms with Crippen LogP contribution in [0.25, 0.3) is 21.5 Å². The molecule has 0 nitrogen and oxygen atoms in total. The van der Waals surface area contributed by atoms with Crippen molar-refractivity contribution in [1.29, 1.82) is 0 Å². The van der Waals surface area contributed by atoms with Gasteiger partial charge in [0.1, 0.15) is 0 Å². The van der Waals surface area contributed by atoms with Gasteiger partial charge in [0, 0.05) is 0 Å². The Hall–Kier alpha value is -1.11. The molecular weight excluding hydrogens is 427 g/mol. The molecule has 1 heteroatoms. The maximum Gasteiger partial charge on any atom is 3.00 e. The smallest absolute Gasteiger partial charge is 0.344 e. The SMILES string of the molecule is [CH2-]CC.[Lu+3].c1ccc2[cH-]ccc2c1.c1ccc2[cH-]ccc2c1. The van der Waals surface area contributed by atoms with Crippen LogP contribution in [-0.4, -0.2) is 0 Å². The molecule has 0 atom stereocenters. The van der Waals surface area contributed by atoms with Crippen LogP contribution in [0.5, 0.6) is 0 Å². The van der Waals surface area contributed by atoms with Crippen LogP contribution in [0.2, 0.25) is 0 Å². The molecule has 4 aromatic rings. The van der Waals surface area contributed by atoms with Crippen molar-refractivity contribution in [1.82, 2.24) is 0 Å². The Balaban J connectivity index is 0.000000181. The second-order valence-corrected chi connectivity index (χ2v) is 4.81. The molecule has 0 fully saturated rings. The van der Waals surface area contributed by atoms with Crippen molar-refractivity contribution in [3.8, 4) is 0 Å². The number of benzene rings is 2. The van der Waals surface area contributed by atoms with Crippen LogP contribution in [0.1, 0.15) is 13.3 Å². The van der Waals surface area contributed by atoms with Gasteiger partial charge in [0.05, 0.1) is 0 Å². The fraction of sp³-hybridized carbons (Fsp3) is 0.0952. The van der Waals surface area contributed by atoms with Crippen LogP contribution < -0.4 is 0 Å². The van der Waals surface area contributed by atoms with Crippen LogP contribution in [0.15, 0.2) is 84.9 Å². The molecule has 22 heavy (non-hydrogen) atoms. The Morgan fingerprint density at radius 2 is 1.09 bits per heavy atom. The molecule has 0 N–H and O–H groups in total. The van der Waals surface area contributed by atoms with Gasteiger partial charge in [-0.05, 0) is 0 Å². The Kier molecular flexibility index (Phi) is 9.12. The molecule has 0 saturated heterocycles. The van der Waals surface area contributed by atoms with Crippen molar-refractivity contribution in [3.05, 3.63) is 91.9 Å². The number of hydrogen-bond donors (Lipinski definition) is 0. The number of hydrogen-bond acceptors (Lipinski definition) is 0. The summed E-state index contributed by atoms with van der Waals surface area (Å²) in [6.45, 7) is 5.50. The summed E-state index contributed by atoms with van der Waals surface area (Å²) >= 11 is 0. The van der Waals surface area contributed by atoms with Gasteiger partial charge in [0.25, 0.3) is 0 Å². The van der Waals surface area contributed by atoms with Crippen LogP contribution in [-0.2, 0) is 0 Å². The van der Waals surface area contributed by atoms with E-state index in [2.05, 4.69) is 91.9 Å². The Morgan fingerprint density at radius 1 is 0.727 bits per heavy atom. The maximum absolute atomic E-state index is 3.49. The van der Waals surface area contributed by atoms with Crippen molar-refractivity contribution in [3.63, 3.8) is 0 Å². The van der Waals surface area contributed by atoms with Crippen molar-refractivity contribution in [2.45, 2.75) is 13.3 Å². The number of fused-ring (bicyclic) bond motifs is 2. The van der Waals surface area contributed by atoms with E-state index in [0.29, 0.717) is 0 Å². The average molecular weight is 448 g/mol. The minimum atomic E-state index is 0. The van der Waals surface area contributed by atoms with E-state index in [1.54, 1.807) is 0 Å². The fourth-order valence-corrected chi connectivity index (χ4v) is 2.14. The molecule has 0 bridgehead atoms. The largest absolute Gasteiger partial charge is 3.00 e. The van der Waals surface area contributed by atoms with Crippen LogP contribution in [0.3, 0.4) is 0 Å². The predicted octanol–water partition coefficient (Wildman–Crippen LogP) is 6.35. The van der Waals surface area contributed by atoms with Gasteiger partial charge in [-0.3, -0.25) is 0 Å². The van der Waals surface area contributed by atoms with E-state index in [1.807, 2.05) is 6.92 Å². The molecule has 0 spiro atoms. The first kappa shape index (κ1) is 18.9. The van der Waals surface area contributed by atoms with Crippen molar-refractivity contribution >= 4 is 21.5 Å². The summed E-state index contributed by atoms with van der Waals surface area (Å²) in [5.41, 5.74) is 0. The first-order valence-electron chi connectivity index (χ1n) is 7.35. The molecule has 4 aromatic carbocycles. The summed E-state index contributed by atoms with van der Waals surface area (Å²) in [5, 5.41) is 5.32. The molecule has 0 aliphatic heterocycles. The molecule has 0 aliphatic carbocycles. The van der Waals surface area contributed by atoms with E-state index < -0.39 is 0 Å². The molecular formula is C21H21Lu. The first-order valence-corrected chi connectivity index (χ1v) is 7.35. The normalized spacial score (nSPS) is 9.18. The zero-order valence-electron chi connectivity index (χ0n) is 12.8. The zero-order valence-corrected chi connectivity index (χ0v) is 14.4. The second-order valence-electron chi connectivity index (χ2n) is 4.81. The minimum Gasteiger partial charge on any atom is -0.344 e. The summed E-state index contributed by atoms with van der Waals surface area (Å²) in [5.74, 6) is 0. The van der Waals surface area contributed by atoms with E-state index in [9.17, 15) is 0 Å². The minimum absolute atomic E-state index is 0. The van der Waals surface area contributed by atoms with Gasteiger partial charge in [-0.15, -0.1) is 59.3 Å². The number of rotatable bonds is 0. The van der Waals surface area contributed by atoms with Crippen LogP contribution >= 0.6 is 0 Å². The topological polar surface area (TPSA) is 0 Å². The van der Waals surface area contributed by atoms with E-state index in [0.717, 1.165) is 6.42 Å². The molecule has 0 unspecified atom stereocenters. The van der Waals surface area contributed by atoms with Crippen molar-refractivity contribution < 1.29 is 36.9 Å². The summed E-state index contributed by atoms with van der Waals surface area (Å²) in [4.78, 5) is 0. The van der Waals surface area contributed by atoms with E-state index in [4.69, 9.17) is 0 Å². The quantitative estimate of drug-likeness (QED) is 0.275. The third-order valence-corrected chi connectivity index (χ3v) is 3.10. The maximum atomic E-state index is 3.49. The van der Waals surface area contributed by atoms with Gasteiger partial charge in [-0.2, -0.15) is 41.5 Å². The Morgan fingerprint density at radius 3 is 1.45 bits per heavy atom. The summed E-state index contributed by atoms with van der Waals surface area (Å²) < 4.78 is 0. The van der Waals surface area contributed by atoms with Crippen LogP contribution in [0, 0.1) is 43.8 Å². The van der Waals surface area contributed by atoms with Crippen molar-refractivity contribution in [2.24, 2.45) is 0 Å². The van der Waals surface area contributed by atoms with Gasteiger partial charge >= 0.3 is 36.9 Å². The molecule has 0 radical (unpaired) electrons. The third kappa shape index (κ3) is 5.59. The van der Waals surface area contributed by atoms with Gasteiger partial charge in [-0.1, -0.05) is 19.1 Å². The van der Waals surface area contributed by atoms with Gasteiger partial charge in [-0.25, -0.2) is 0 Å². The van der Waals surface area contributed by atoms with E-state index >= 15 is 0 Å². The summed E-state index contributed by atoms with van der Waals surface area (Å²) in [6, 6.07) is 29.3. The first-order chi connectivity index (χ1) is 10.3. The molecule has 0 heterocycles. The van der Waals surface area contributed by atoms with Gasteiger partial charge in [0.15, 0.2) is 0 Å². The van der Waals surface area contributed by atoms with E-state index in [1.165, 1.54) is 21.5 Å². The third-order valence-electron chi connectivity index (χ3n) is 3.10. The van der Waals surface area contributed by atoms with E-state index in [-0.39, 0.29) is 36.9 Å². The molecule has 4 rings (SSSR count).